The van der Waals surface area contributed by atoms with Crippen LogP contribution in [0.25, 0.3) is 77.7 Å². The van der Waals surface area contributed by atoms with Gasteiger partial charge in [-0.15, -0.1) is 11.3 Å². The molecule has 1 unspecified atom stereocenters. The molecule has 8 aromatic rings. The van der Waals surface area contributed by atoms with Gasteiger partial charge in [0.05, 0.1) is 11.7 Å². The van der Waals surface area contributed by atoms with Gasteiger partial charge in [0.1, 0.15) is 4.83 Å². The van der Waals surface area contributed by atoms with Gasteiger partial charge in [0.2, 0.25) is 0 Å². The Bertz CT molecular complexity index is 3020. The van der Waals surface area contributed by atoms with Crippen LogP contribution in [0.2, 0.25) is 0 Å². The number of benzene rings is 6. The lowest BCUT2D eigenvalue weighted by Gasteiger charge is -2.17. The third kappa shape index (κ3) is 8.79. The van der Waals surface area contributed by atoms with Crippen molar-refractivity contribution in [2.24, 2.45) is 9.98 Å². The average molecular weight is 811 g/mol. The van der Waals surface area contributed by atoms with Crippen molar-refractivity contribution in [3.8, 4) is 33.8 Å². The van der Waals surface area contributed by atoms with E-state index < -0.39 is 0 Å². The van der Waals surface area contributed by atoms with E-state index in [4.69, 9.17) is 20.0 Å². The lowest BCUT2D eigenvalue weighted by Crippen LogP contribution is -2.06. The fourth-order valence-electron chi connectivity index (χ4n) is 7.63. The van der Waals surface area contributed by atoms with Crippen LogP contribution in [-0.2, 0) is 0 Å². The fraction of sp³-hybridized carbons (Fsp3) is 0.107. The molecule has 0 amide bonds. The molecule has 0 spiro atoms. The summed E-state index contributed by atoms with van der Waals surface area (Å²) in [5.41, 5.74) is 9.71. The summed E-state index contributed by atoms with van der Waals surface area (Å²) in [4.78, 5) is 23.2. The van der Waals surface area contributed by atoms with E-state index >= 15 is 0 Å². The molecule has 0 saturated carbocycles. The van der Waals surface area contributed by atoms with Gasteiger partial charge in [-0.1, -0.05) is 179 Å². The normalized spacial score (nSPS) is 12.7. The molecule has 2 aromatic heterocycles. The van der Waals surface area contributed by atoms with E-state index in [0.29, 0.717) is 11.7 Å². The van der Waals surface area contributed by atoms with Crippen molar-refractivity contribution in [1.82, 2.24) is 9.97 Å². The summed E-state index contributed by atoms with van der Waals surface area (Å²) in [6, 6.07) is 46.5. The zero-order valence-corrected chi connectivity index (χ0v) is 36.4. The summed E-state index contributed by atoms with van der Waals surface area (Å²) < 4.78 is 0. The van der Waals surface area contributed by atoms with Crippen LogP contribution in [-0.4, -0.2) is 21.5 Å². The van der Waals surface area contributed by atoms with E-state index in [0.717, 1.165) is 71.0 Å². The Hall–Kier alpha value is -7.08. The zero-order valence-electron chi connectivity index (χ0n) is 35.6. The molecule has 0 aliphatic rings. The smallest absolute Gasteiger partial charge is 0.161 e. The first-order valence-corrected chi connectivity index (χ1v) is 21.6. The molecule has 2 heterocycles. The zero-order chi connectivity index (χ0) is 42.9. The minimum absolute atomic E-state index is 0.296. The Morgan fingerprint density at radius 2 is 1.38 bits per heavy atom. The van der Waals surface area contributed by atoms with Gasteiger partial charge >= 0.3 is 0 Å². The number of nitrogens with zero attached hydrogens (tertiary/aromatic N) is 4. The second-order valence-electron chi connectivity index (χ2n) is 14.3. The summed E-state index contributed by atoms with van der Waals surface area (Å²) >= 11 is 1.64. The number of hydrogen-bond donors (Lipinski definition) is 0. The second kappa shape index (κ2) is 19.3. The lowest BCUT2D eigenvalue weighted by molar-refractivity contribution is 0.819. The summed E-state index contributed by atoms with van der Waals surface area (Å²) in [5, 5.41) is 5.81. The maximum absolute atomic E-state index is 5.42. The predicted molar refractivity (Wildman–Crippen MR) is 268 cm³/mol. The third-order valence-corrected chi connectivity index (χ3v) is 11.6. The largest absolute Gasteiger partial charge is 0.258 e. The van der Waals surface area contributed by atoms with Crippen LogP contribution in [0.5, 0.6) is 0 Å². The number of thiophene rings is 1. The highest BCUT2D eigenvalue weighted by molar-refractivity contribution is 7.19. The average Bonchev–Trinajstić information content (AvgIpc) is 3.68. The summed E-state index contributed by atoms with van der Waals surface area (Å²) in [5.74, 6) is 1.28. The third-order valence-electron chi connectivity index (χ3n) is 10.5. The molecule has 8 rings (SSSR count). The van der Waals surface area contributed by atoms with Gasteiger partial charge in [0.15, 0.2) is 11.7 Å². The summed E-state index contributed by atoms with van der Waals surface area (Å²) in [6.07, 6.45) is 11.6. The van der Waals surface area contributed by atoms with Gasteiger partial charge in [-0.05, 0) is 88.8 Å². The van der Waals surface area contributed by atoms with Crippen LogP contribution in [0.1, 0.15) is 62.2 Å². The van der Waals surface area contributed by atoms with E-state index in [1.54, 1.807) is 23.5 Å². The van der Waals surface area contributed by atoms with E-state index in [2.05, 4.69) is 136 Å². The molecule has 4 nitrogen and oxygen atoms in total. The Labute approximate surface area is 364 Å². The van der Waals surface area contributed by atoms with Gasteiger partial charge in [-0.3, -0.25) is 4.99 Å². The van der Waals surface area contributed by atoms with Gasteiger partial charge < -0.3 is 0 Å². The molecule has 6 aromatic carbocycles. The predicted octanol–water partition coefficient (Wildman–Crippen LogP) is 16.0. The highest BCUT2D eigenvalue weighted by atomic mass is 32.1. The molecule has 0 radical (unpaired) electrons. The molecule has 1 atom stereocenters. The highest BCUT2D eigenvalue weighted by Gasteiger charge is 2.21. The highest BCUT2D eigenvalue weighted by Crippen LogP contribution is 2.42. The minimum atomic E-state index is -0.296. The van der Waals surface area contributed by atoms with Crippen molar-refractivity contribution in [3.05, 3.63) is 205 Å². The van der Waals surface area contributed by atoms with Crippen LogP contribution in [0.4, 0.5) is 0 Å². The van der Waals surface area contributed by atoms with Crippen molar-refractivity contribution in [3.63, 3.8) is 0 Å². The molecule has 5 heteroatoms. The monoisotopic (exact) mass is 810 g/mol. The quantitative estimate of drug-likeness (QED) is 0.0565. The molecule has 0 fully saturated rings. The number of fused-ring (bicyclic) bond motifs is 4. The fourth-order valence-corrected chi connectivity index (χ4v) is 8.64. The Morgan fingerprint density at radius 3 is 2.07 bits per heavy atom. The Morgan fingerprint density at radius 1 is 0.721 bits per heavy atom. The molecule has 0 aliphatic heterocycles. The topological polar surface area (TPSA) is 50.5 Å². The van der Waals surface area contributed by atoms with E-state index in [1.807, 2.05) is 76.2 Å². The van der Waals surface area contributed by atoms with Gasteiger partial charge in [-0.2, -0.15) is 0 Å². The van der Waals surface area contributed by atoms with Gasteiger partial charge in [0, 0.05) is 38.2 Å². The number of allylic oxidation sites excluding steroid dienone is 5. The SMILES string of the molecule is C=C/C=C(\C=C)C(C)=NC(=NC(C)c1cc(-c2nc(-c3ccccc3)c3c(/C=C\C)c(C=C)sc3n2)cc(-c2cc3ccccc3c3ccccc23)c1)c1ccccc1.CC. The number of amidine groups is 1. The Balaban J connectivity index is 0.00000277. The van der Waals surface area contributed by atoms with Crippen LogP contribution in [0, 0.1) is 0 Å². The molecule has 61 heavy (non-hydrogen) atoms. The minimum Gasteiger partial charge on any atom is -0.258 e. The lowest BCUT2D eigenvalue weighted by atomic mass is 9.90. The van der Waals surface area contributed by atoms with Crippen molar-refractivity contribution >= 4 is 66.8 Å². The Kier molecular flexibility index (Phi) is 13.3. The van der Waals surface area contributed by atoms with Gasteiger partial charge in [-0.25, -0.2) is 15.0 Å². The molecule has 0 bridgehead atoms. The summed E-state index contributed by atoms with van der Waals surface area (Å²) in [7, 11) is 0. The van der Waals surface area contributed by atoms with Crippen LogP contribution < -0.4 is 0 Å². The van der Waals surface area contributed by atoms with Crippen LogP contribution in [0.15, 0.2) is 193 Å². The van der Waals surface area contributed by atoms with Gasteiger partial charge in [0.25, 0.3) is 0 Å². The maximum Gasteiger partial charge on any atom is 0.161 e. The molecular weight excluding hydrogens is 761 g/mol. The molecule has 0 aliphatic carbocycles. The van der Waals surface area contributed by atoms with E-state index in [1.165, 1.54) is 21.5 Å². The van der Waals surface area contributed by atoms with E-state index in [-0.39, 0.29) is 6.04 Å². The molecule has 0 N–H and O–H groups in total. The van der Waals surface area contributed by atoms with Crippen molar-refractivity contribution < 1.29 is 0 Å². The standard InChI is InChI=1S/C54H44N4S.C2H6/c1-7-21-37(9-3)35(5)55-52(39-25-15-12-16-26-39)56-36(6)41-31-42(48-34-40-27-17-18-28-44(40)45-29-19-20-30-46(45)48)33-43(32-41)53-57-51(38-23-13-11-14-24-38)50-47(22-8-2)49(10-4)59-54(50)58-53;1-2/h7-34,36H,1,3-4H2,2,5-6H3;1-2H3/b22-8-,37-21+,55-35?,56-52?;. The van der Waals surface area contributed by atoms with Crippen LogP contribution in [0.3, 0.4) is 0 Å². The first kappa shape index (κ1) is 42.1. The van der Waals surface area contributed by atoms with Crippen molar-refractivity contribution in [2.75, 3.05) is 0 Å². The van der Waals surface area contributed by atoms with Crippen molar-refractivity contribution in [1.29, 1.82) is 0 Å². The first-order valence-electron chi connectivity index (χ1n) is 20.8. The number of aliphatic imine (C=N–C) groups is 2. The number of rotatable bonds is 11. The first-order chi connectivity index (χ1) is 29.9. The molecule has 0 saturated heterocycles. The van der Waals surface area contributed by atoms with Crippen LogP contribution >= 0.6 is 11.3 Å². The summed E-state index contributed by atoms with van der Waals surface area (Å²) in [6.45, 7) is 22.2. The number of aromatic nitrogens is 2. The second-order valence-corrected chi connectivity index (χ2v) is 15.3. The number of hydrogen-bond acceptors (Lipinski definition) is 4. The molecular formula is C56H50N4S. The van der Waals surface area contributed by atoms with Crippen molar-refractivity contribution in [2.45, 2.75) is 40.7 Å². The maximum atomic E-state index is 5.42. The van der Waals surface area contributed by atoms with E-state index in [9.17, 15) is 0 Å². The molecule has 300 valence electrons.